The van der Waals surface area contributed by atoms with Crippen molar-refractivity contribution in [2.45, 2.75) is 38.8 Å². The highest BCUT2D eigenvalue weighted by molar-refractivity contribution is 5.90. The van der Waals surface area contributed by atoms with Gasteiger partial charge in [-0.05, 0) is 36.5 Å². The molecule has 0 saturated heterocycles. The third kappa shape index (κ3) is 5.00. The molecule has 2 atom stereocenters. The summed E-state index contributed by atoms with van der Waals surface area (Å²) < 4.78 is 0. The number of halogens is 1. The molecule has 6 heteroatoms. The van der Waals surface area contributed by atoms with Gasteiger partial charge in [-0.2, -0.15) is 0 Å². The van der Waals surface area contributed by atoms with Crippen LogP contribution in [-0.2, 0) is 0 Å². The van der Waals surface area contributed by atoms with Crippen molar-refractivity contribution < 1.29 is 20.1 Å². The topological polar surface area (TPSA) is 104 Å². The van der Waals surface area contributed by atoms with Crippen LogP contribution in [-0.4, -0.2) is 27.4 Å². The fraction of sp³-hybridized carbons (Fsp3) is 0.500. The molecule has 5 N–H and O–H groups in total. The lowest BCUT2D eigenvalue weighted by molar-refractivity contribution is 0.0693. The van der Waals surface area contributed by atoms with E-state index in [1.165, 1.54) is 18.2 Å². The smallest absolute Gasteiger partial charge is 0.339 e. The lowest BCUT2D eigenvalue weighted by atomic mass is 9.95. The first-order valence-corrected chi connectivity index (χ1v) is 6.32. The van der Waals surface area contributed by atoms with E-state index in [9.17, 15) is 15.0 Å². The molecular formula is C14H22ClNO4. The molecule has 0 unspecified atom stereocenters. The van der Waals surface area contributed by atoms with Crippen molar-refractivity contribution in [3.05, 3.63) is 29.3 Å². The normalized spacial score (nSPS) is 13.7. The zero-order valence-electron chi connectivity index (χ0n) is 11.6. The number of carboxylic acids is 1. The average Bonchev–Trinajstić information content (AvgIpc) is 2.35. The summed E-state index contributed by atoms with van der Waals surface area (Å²) in [4.78, 5) is 10.9. The summed E-state index contributed by atoms with van der Waals surface area (Å²) in [5.41, 5.74) is 6.22. The molecule has 5 nitrogen and oxygen atoms in total. The third-order valence-corrected chi connectivity index (χ3v) is 3.09. The molecule has 1 rings (SSSR count). The van der Waals surface area contributed by atoms with E-state index >= 15 is 0 Å². The van der Waals surface area contributed by atoms with E-state index in [4.69, 9.17) is 10.8 Å². The van der Waals surface area contributed by atoms with E-state index in [2.05, 4.69) is 13.8 Å². The molecule has 0 aliphatic heterocycles. The number of carboxylic acid groups (broad SMARTS) is 1. The fourth-order valence-corrected chi connectivity index (χ4v) is 1.84. The second kappa shape index (κ2) is 8.09. The fourth-order valence-electron chi connectivity index (χ4n) is 1.84. The van der Waals surface area contributed by atoms with Crippen LogP contribution in [0.15, 0.2) is 18.2 Å². The van der Waals surface area contributed by atoms with Crippen LogP contribution in [0.1, 0.15) is 48.7 Å². The zero-order chi connectivity index (χ0) is 14.6. The number of phenols is 1. The zero-order valence-corrected chi connectivity index (χ0v) is 12.4. The minimum Gasteiger partial charge on any atom is -0.507 e. The second-order valence-electron chi connectivity index (χ2n) is 5.15. The summed E-state index contributed by atoms with van der Waals surface area (Å²) in [5.74, 6) is -1.06. The first kappa shape index (κ1) is 18.7. The molecule has 0 radical (unpaired) electrons. The van der Waals surface area contributed by atoms with E-state index in [-0.39, 0.29) is 23.7 Å². The van der Waals surface area contributed by atoms with Gasteiger partial charge < -0.3 is 21.1 Å². The van der Waals surface area contributed by atoms with Gasteiger partial charge in [-0.25, -0.2) is 4.79 Å². The van der Waals surface area contributed by atoms with E-state index in [1.54, 1.807) is 0 Å². The maximum Gasteiger partial charge on any atom is 0.339 e. The number of rotatable bonds is 6. The SMILES string of the molecule is CC(C)CC[C@@H](O)[C@@H](N)c1ccc(O)c(C(=O)O)c1.Cl. The van der Waals surface area contributed by atoms with Crippen LogP contribution in [0, 0.1) is 5.92 Å². The highest BCUT2D eigenvalue weighted by atomic mass is 35.5. The Kier molecular flexibility index (Phi) is 7.57. The van der Waals surface area contributed by atoms with E-state index in [0.29, 0.717) is 17.9 Å². The Bertz CT molecular complexity index is 451. The lowest BCUT2D eigenvalue weighted by Gasteiger charge is -2.20. The molecule has 0 fully saturated rings. The standard InChI is InChI=1S/C14H21NO4.ClH/c1-8(2)3-5-12(17)13(15)9-4-6-11(16)10(7-9)14(18)19;/h4,6-8,12-13,16-17H,3,5,15H2,1-2H3,(H,18,19);1H/t12-,13+;/m1./s1. The molecule has 0 bridgehead atoms. The van der Waals surface area contributed by atoms with Gasteiger partial charge in [-0.15, -0.1) is 12.4 Å². The number of nitrogens with two attached hydrogens (primary N) is 1. The van der Waals surface area contributed by atoms with E-state index in [0.717, 1.165) is 6.42 Å². The van der Waals surface area contributed by atoms with Crippen LogP contribution in [0.3, 0.4) is 0 Å². The van der Waals surface area contributed by atoms with Crippen molar-refractivity contribution in [2.75, 3.05) is 0 Å². The van der Waals surface area contributed by atoms with Gasteiger partial charge in [0.05, 0.1) is 12.1 Å². The predicted molar refractivity (Wildman–Crippen MR) is 79.3 cm³/mol. The Morgan fingerprint density at radius 2 is 1.90 bits per heavy atom. The highest BCUT2D eigenvalue weighted by Crippen LogP contribution is 2.25. The number of benzene rings is 1. The van der Waals surface area contributed by atoms with Gasteiger partial charge in [-0.3, -0.25) is 0 Å². The number of hydrogen-bond donors (Lipinski definition) is 4. The Balaban J connectivity index is 0.00000361. The minimum atomic E-state index is -1.22. The molecule has 1 aromatic carbocycles. The molecular weight excluding hydrogens is 282 g/mol. The number of aromatic carboxylic acids is 1. The Morgan fingerprint density at radius 1 is 1.30 bits per heavy atom. The van der Waals surface area contributed by atoms with Crippen LogP contribution in [0.4, 0.5) is 0 Å². The quantitative estimate of drug-likeness (QED) is 0.645. The molecule has 0 aliphatic carbocycles. The molecule has 114 valence electrons. The van der Waals surface area contributed by atoms with Gasteiger partial charge in [-0.1, -0.05) is 19.9 Å². The van der Waals surface area contributed by atoms with Crippen molar-refractivity contribution in [3.8, 4) is 5.75 Å². The molecule has 0 aromatic heterocycles. The average molecular weight is 304 g/mol. The number of aliphatic hydroxyl groups is 1. The second-order valence-corrected chi connectivity index (χ2v) is 5.15. The minimum absolute atomic E-state index is 0. The number of aromatic hydroxyl groups is 1. The monoisotopic (exact) mass is 303 g/mol. The van der Waals surface area contributed by atoms with Crippen LogP contribution >= 0.6 is 12.4 Å². The Morgan fingerprint density at radius 3 is 2.40 bits per heavy atom. The summed E-state index contributed by atoms with van der Waals surface area (Å²) in [6.45, 7) is 4.11. The Labute approximate surface area is 124 Å². The first-order valence-electron chi connectivity index (χ1n) is 6.32. The van der Waals surface area contributed by atoms with Gasteiger partial charge >= 0.3 is 5.97 Å². The van der Waals surface area contributed by atoms with Crippen LogP contribution in [0.2, 0.25) is 0 Å². The Hall–Kier alpha value is -1.30. The molecule has 1 aromatic rings. The van der Waals surface area contributed by atoms with Crippen LogP contribution < -0.4 is 5.73 Å². The van der Waals surface area contributed by atoms with Crippen molar-refractivity contribution >= 4 is 18.4 Å². The van der Waals surface area contributed by atoms with Gasteiger partial charge in [0, 0.05) is 0 Å². The number of aliphatic hydroxyl groups excluding tert-OH is 1. The maximum absolute atomic E-state index is 10.9. The van der Waals surface area contributed by atoms with Crippen molar-refractivity contribution in [2.24, 2.45) is 11.7 Å². The van der Waals surface area contributed by atoms with Crippen molar-refractivity contribution in [3.63, 3.8) is 0 Å². The predicted octanol–water partition coefficient (Wildman–Crippen LogP) is 2.31. The largest absolute Gasteiger partial charge is 0.507 e. The maximum atomic E-state index is 10.9. The molecule has 0 spiro atoms. The first-order chi connectivity index (χ1) is 8.82. The molecule has 0 amide bonds. The highest BCUT2D eigenvalue weighted by Gasteiger charge is 2.19. The van der Waals surface area contributed by atoms with Crippen LogP contribution in [0.5, 0.6) is 5.75 Å². The number of hydrogen-bond acceptors (Lipinski definition) is 4. The summed E-state index contributed by atoms with van der Waals surface area (Å²) in [6, 6.07) is 3.47. The van der Waals surface area contributed by atoms with E-state index < -0.39 is 18.1 Å². The molecule has 0 aliphatic rings. The van der Waals surface area contributed by atoms with Gasteiger partial charge in [0.2, 0.25) is 0 Å². The van der Waals surface area contributed by atoms with Gasteiger partial charge in [0.25, 0.3) is 0 Å². The van der Waals surface area contributed by atoms with Crippen LogP contribution in [0.25, 0.3) is 0 Å². The summed E-state index contributed by atoms with van der Waals surface area (Å²) in [7, 11) is 0. The molecule has 0 heterocycles. The number of carbonyl (C=O) groups is 1. The van der Waals surface area contributed by atoms with Gasteiger partial charge in [0.15, 0.2) is 0 Å². The summed E-state index contributed by atoms with van der Waals surface area (Å²) in [6.07, 6.45) is 0.675. The van der Waals surface area contributed by atoms with Gasteiger partial charge in [0.1, 0.15) is 11.3 Å². The van der Waals surface area contributed by atoms with Crippen molar-refractivity contribution in [1.29, 1.82) is 0 Å². The summed E-state index contributed by atoms with van der Waals surface area (Å²) >= 11 is 0. The molecule has 0 saturated carbocycles. The molecule has 20 heavy (non-hydrogen) atoms. The third-order valence-electron chi connectivity index (χ3n) is 3.09. The summed E-state index contributed by atoms with van der Waals surface area (Å²) in [5, 5.41) is 28.3. The van der Waals surface area contributed by atoms with Crippen molar-refractivity contribution in [1.82, 2.24) is 0 Å². The lowest BCUT2D eigenvalue weighted by Crippen LogP contribution is -2.26. The van der Waals surface area contributed by atoms with E-state index in [1.807, 2.05) is 0 Å².